The zero-order chi connectivity index (χ0) is 18.0. The second kappa shape index (κ2) is 7.87. The van der Waals surface area contributed by atoms with E-state index >= 15 is 0 Å². The van der Waals surface area contributed by atoms with Crippen LogP contribution in [0.25, 0.3) is 0 Å². The molecule has 2 fully saturated rings. The highest BCUT2D eigenvalue weighted by Crippen LogP contribution is 2.33. The van der Waals surface area contributed by atoms with Gasteiger partial charge in [-0.05, 0) is 51.1 Å². The number of ether oxygens (including phenoxy) is 1. The SMILES string of the molecule is CCc1nn(C)c(CC)c1CN1CCC([C@H]2OCC[C@@H]2C(N)=O)CC1. The summed E-state index contributed by atoms with van der Waals surface area (Å²) in [5.41, 5.74) is 9.55. The van der Waals surface area contributed by atoms with Crippen molar-refractivity contribution >= 4 is 5.91 Å². The quantitative estimate of drug-likeness (QED) is 0.848. The van der Waals surface area contributed by atoms with Crippen molar-refractivity contribution in [1.29, 1.82) is 0 Å². The van der Waals surface area contributed by atoms with Gasteiger partial charge in [-0.25, -0.2) is 0 Å². The van der Waals surface area contributed by atoms with Gasteiger partial charge in [-0.2, -0.15) is 5.10 Å². The molecule has 2 aliphatic heterocycles. The molecule has 2 atom stereocenters. The van der Waals surface area contributed by atoms with E-state index in [0.717, 1.165) is 51.7 Å². The van der Waals surface area contributed by atoms with Crippen LogP contribution in [0.3, 0.4) is 0 Å². The molecular weight excluding hydrogens is 316 g/mol. The molecule has 0 unspecified atom stereocenters. The molecule has 2 saturated heterocycles. The summed E-state index contributed by atoms with van der Waals surface area (Å²) in [6.07, 6.45) is 4.99. The standard InChI is InChI=1S/C19H32N4O2/c1-4-16-15(17(5-2)22(3)21-16)12-23-9-6-13(7-10-23)18-14(19(20)24)8-11-25-18/h13-14,18H,4-12H2,1-3H3,(H2,20,24)/t14-,18+/m0/s1. The number of likely N-dealkylation sites (tertiary alicyclic amines) is 1. The van der Waals surface area contributed by atoms with Crippen molar-refractivity contribution in [1.82, 2.24) is 14.7 Å². The lowest BCUT2D eigenvalue weighted by Gasteiger charge is -2.35. The van der Waals surface area contributed by atoms with Gasteiger partial charge in [0.1, 0.15) is 0 Å². The zero-order valence-electron chi connectivity index (χ0n) is 15.8. The number of carbonyl (C=O) groups excluding carboxylic acids is 1. The number of nitrogens with two attached hydrogens (primary N) is 1. The molecule has 0 saturated carbocycles. The molecule has 6 heteroatoms. The molecule has 2 aliphatic rings. The number of aromatic nitrogens is 2. The van der Waals surface area contributed by atoms with Gasteiger partial charge in [0.05, 0.1) is 17.7 Å². The highest BCUT2D eigenvalue weighted by atomic mass is 16.5. The largest absolute Gasteiger partial charge is 0.377 e. The number of primary amides is 1. The summed E-state index contributed by atoms with van der Waals surface area (Å²) < 4.78 is 7.91. The van der Waals surface area contributed by atoms with Crippen LogP contribution in [-0.2, 0) is 36.0 Å². The van der Waals surface area contributed by atoms with Crippen molar-refractivity contribution in [2.45, 2.75) is 58.6 Å². The summed E-state index contributed by atoms with van der Waals surface area (Å²) in [7, 11) is 2.05. The molecule has 0 aliphatic carbocycles. The van der Waals surface area contributed by atoms with E-state index in [-0.39, 0.29) is 17.9 Å². The number of rotatable bonds is 6. The van der Waals surface area contributed by atoms with Gasteiger partial charge in [-0.3, -0.25) is 14.4 Å². The molecule has 1 amide bonds. The fourth-order valence-electron chi connectivity index (χ4n) is 4.62. The average molecular weight is 348 g/mol. The Labute approximate surface area is 150 Å². The Balaban J connectivity index is 1.61. The number of hydrogen-bond acceptors (Lipinski definition) is 4. The lowest BCUT2D eigenvalue weighted by atomic mass is 9.84. The minimum atomic E-state index is -0.194. The van der Waals surface area contributed by atoms with E-state index in [0.29, 0.717) is 12.5 Å². The van der Waals surface area contributed by atoms with Crippen LogP contribution in [0.15, 0.2) is 0 Å². The van der Waals surface area contributed by atoms with Crippen LogP contribution in [0.4, 0.5) is 0 Å². The molecule has 6 nitrogen and oxygen atoms in total. The van der Waals surface area contributed by atoms with E-state index < -0.39 is 0 Å². The summed E-state index contributed by atoms with van der Waals surface area (Å²) in [4.78, 5) is 14.2. The van der Waals surface area contributed by atoms with Crippen LogP contribution in [0, 0.1) is 11.8 Å². The molecule has 2 N–H and O–H groups in total. The maximum absolute atomic E-state index is 11.6. The third-order valence-electron chi connectivity index (χ3n) is 6.01. The first-order valence-electron chi connectivity index (χ1n) is 9.72. The summed E-state index contributed by atoms with van der Waals surface area (Å²) in [6.45, 7) is 8.15. The van der Waals surface area contributed by atoms with Gasteiger partial charge in [-0.1, -0.05) is 13.8 Å². The number of piperidine rings is 1. The normalized spacial score (nSPS) is 25.6. The number of amides is 1. The van der Waals surface area contributed by atoms with Crippen LogP contribution in [-0.4, -0.2) is 46.4 Å². The van der Waals surface area contributed by atoms with E-state index in [9.17, 15) is 4.79 Å². The second-order valence-corrected chi connectivity index (χ2v) is 7.45. The summed E-state index contributed by atoms with van der Waals surface area (Å²) in [5, 5.41) is 4.69. The zero-order valence-corrected chi connectivity index (χ0v) is 15.8. The van der Waals surface area contributed by atoms with E-state index in [1.807, 2.05) is 4.68 Å². The summed E-state index contributed by atoms with van der Waals surface area (Å²) in [6, 6.07) is 0. The van der Waals surface area contributed by atoms with Crippen molar-refractivity contribution in [3.05, 3.63) is 17.0 Å². The predicted molar refractivity (Wildman–Crippen MR) is 97.0 cm³/mol. The Kier molecular flexibility index (Phi) is 5.79. The highest BCUT2D eigenvalue weighted by molar-refractivity contribution is 5.77. The lowest BCUT2D eigenvalue weighted by molar-refractivity contribution is -0.124. The van der Waals surface area contributed by atoms with Crippen LogP contribution >= 0.6 is 0 Å². The van der Waals surface area contributed by atoms with Gasteiger partial charge < -0.3 is 10.5 Å². The Bertz CT molecular complexity index is 605. The molecule has 0 spiro atoms. The minimum absolute atomic E-state index is 0.0375. The van der Waals surface area contributed by atoms with E-state index in [2.05, 4.69) is 25.8 Å². The predicted octanol–water partition coefficient (Wildman–Crippen LogP) is 1.65. The molecule has 25 heavy (non-hydrogen) atoms. The molecule has 0 bridgehead atoms. The van der Waals surface area contributed by atoms with Crippen LogP contribution in [0.2, 0.25) is 0 Å². The first-order valence-corrected chi connectivity index (χ1v) is 9.72. The molecule has 3 rings (SSSR count). The topological polar surface area (TPSA) is 73.4 Å². The Hall–Kier alpha value is -1.40. The molecule has 3 heterocycles. The Morgan fingerprint density at radius 3 is 2.56 bits per heavy atom. The Morgan fingerprint density at radius 1 is 1.24 bits per heavy atom. The third kappa shape index (κ3) is 3.75. The van der Waals surface area contributed by atoms with E-state index in [4.69, 9.17) is 15.6 Å². The molecule has 0 radical (unpaired) electrons. The van der Waals surface area contributed by atoms with Gasteiger partial charge in [0.2, 0.25) is 5.91 Å². The molecule has 0 aromatic carbocycles. The van der Waals surface area contributed by atoms with E-state index in [1.54, 1.807) is 0 Å². The number of aryl methyl sites for hydroxylation is 2. The van der Waals surface area contributed by atoms with Crippen LogP contribution in [0.5, 0.6) is 0 Å². The van der Waals surface area contributed by atoms with Gasteiger partial charge in [0.15, 0.2) is 0 Å². The summed E-state index contributed by atoms with van der Waals surface area (Å²) >= 11 is 0. The number of nitrogens with zero attached hydrogens (tertiary/aromatic N) is 3. The molecule has 1 aromatic heterocycles. The van der Waals surface area contributed by atoms with Crippen molar-refractivity contribution < 1.29 is 9.53 Å². The maximum atomic E-state index is 11.6. The maximum Gasteiger partial charge on any atom is 0.223 e. The lowest BCUT2D eigenvalue weighted by Crippen LogP contribution is -2.42. The fourth-order valence-corrected chi connectivity index (χ4v) is 4.62. The molecular formula is C19H32N4O2. The third-order valence-corrected chi connectivity index (χ3v) is 6.01. The van der Waals surface area contributed by atoms with Gasteiger partial charge in [0, 0.05) is 31.5 Å². The summed E-state index contributed by atoms with van der Waals surface area (Å²) in [5.74, 6) is 0.176. The van der Waals surface area contributed by atoms with Crippen molar-refractivity contribution in [3.63, 3.8) is 0 Å². The monoisotopic (exact) mass is 348 g/mol. The number of hydrogen-bond donors (Lipinski definition) is 1. The highest BCUT2D eigenvalue weighted by Gasteiger charge is 2.39. The van der Waals surface area contributed by atoms with Crippen LogP contribution < -0.4 is 5.73 Å². The van der Waals surface area contributed by atoms with Crippen molar-refractivity contribution in [2.75, 3.05) is 19.7 Å². The van der Waals surface area contributed by atoms with Gasteiger partial charge in [0.25, 0.3) is 0 Å². The molecule has 140 valence electrons. The number of carbonyl (C=O) groups is 1. The van der Waals surface area contributed by atoms with Crippen molar-refractivity contribution in [3.8, 4) is 0 Å². The average Bonchev–Trinajstić information content (AvgIpc) is 3.20. The van der Waals surface area contributed by atoms with E-state index in [1.165, 1.54) is 17.0 Å². The fraction of sp³-hybridized carbons (Fsp3) is 0.789. The minimum Gasteiger partial charge on any atom is -0.377 e. The molecule has 1 aromatic rings. The van der Waals surface area contributed by atoms with Crippen LogP contribution in [0.1, 0.15) is 50.1 Å². The Morgan fingerprint density at radius 2 is 1.96 bits per heavy atom. The van der Waals surface area contributed by atoms with Gasteiger partial charge in [-0.15, -0.1) is 0 Å². The van der Waals surface area contributed by atoms with Crippen molar-refractivity contribution in [2.24, 2.45) is 24.6 Å². The smallest absolute Gasteiger partial charge is 0.223 e. The first kappa shape index (κ1) is 18.4. The van der Waals surface area contributed by atoms with Gasteiger partial charge >= 0.3 is 0 Å². The second-order valence-electron chi connectivity index (χ2n) is 7.45. The first-order chi connectivity index (χ1) is 12.0.